The van der Waals surface area contributed by atoms with Crippen molar-refractivity contribution in [2.45, 2.75) is 42.5 Å². The summed E-state index contributed by atoms with van der Waals surface area (Å²) in [4.78, 5) is 1.75. The highest BCUT2D eigenvalue weighted by atomic mass is 32.2. The first-order valence-corrected chi connectivity index (χ1v) is 11.8. The summed E-state index contributed by atoms with van der Waals surface area (Å²) in [6.07, 6.45) is 7.61. The van der Waals surface area contributed by atoms with Gasteiger partial charge in [0.1, 0.15) is 12.1 Å². The van der Waals surface area contributed by atoms with Gasteiger partial charge in [-0.3, -0.25) is 4.68 Å². The summed E-state index contributed by atoms with van der Waals surface area (Å²) in [6.45, 7) is 6.06. The highest BCUT2D eigenvalue weighted by Crippen LogP contribution is 2.38. The normalized spacial score (nSPS) is 14.3. The van der Waals surface area contributed by atoms with Crippen molar-refractivity contribution < 1.29 is 0 Å². The fourth-order valence-electron chi connectivity index (χ4n) is 4.51. The van der Waals surface area contributed by atoms with Crippen LogP contribution in [0.1, 0.15) is 41.3 Å². The summed E-state index contributed by atoms with van der Waals surface area (Å²) >= 11 is 1.50. The molecular weight excluding hydrogens is 430 g/mol. The third-order valence-electron chi connectivity index (χ3n) is 6.27. The molecule has 0 spiro atoms. The lowest BCUT2D eigenvalue weighted by molar-refractivity contribution is 0.338. The average molecular weight is 454 g/mol. The van der Waals surface area contributed by atoms with Crippen LogP contribution < -0.4 is 5.32 Å². The summed E-state index contributed by atoms with van der Waals surface area (Å²) in [5.74, 6) is 0. The van der Waals surface area contributed by atoms with E-state index in [1.54, 1.807) is 10.7 Å². The van der Waals surface area contributed by atoms with Gasteiger partial charge in [0.15, 0.2) is 0 Å². The van der Waals surface area contributed by atoms with Crippen LogP contribution in [0.15, 0.2) is 52.6 Å². The quantitative estimate of drug-likeness (QED) is 0.484. The Morgan fingerprint density at radius 1 is 1.06 bits per heavy atom. The molecule has 0 amide bonds. The zero-order chi connectivity index (χ0) is 22.9. The second kappa shape index (κ2) is 8.74. The van der Waals surface area contributed by atoms with Crippen LogP contribution in [0, 0.1) is 36.5 Å². The number of nitriles is 2. The van der Waals surface area contributed by atoms with Crippen molar-refractivity contribution in [3.63, 3.8) is 0 Å². The third kappa shape index (κ3) is 3.78. The smallest absolute Gasteiger partial charge is 0.103 e. The van der Waals surface area contributed by atoms with E-state index in [9.17, 15) is 10.5 Å². The molecule has 0 radical (unpaired) electrons. The van der Waals surface area contributed by atoms with Gasteiger partial charge in [0.2, 0.25) is 0 Å². The highest BCUT2D eigenvalue weighted by molar-refractivity contribution is 7.99. The molecule has 3 aromatic heterocycles. The minimum absolute atomic E-state index is 0.401. The van der Waals surface area contributed by atoms with Gasteiger partial charge in [0.25, 0.3) is 0 Å². The molecule has 1 fully saturated rings. The summed E-state index contributed by atoms with van der Waals surface area (Å²) < 4.78 is 3.91. The van der Waals surface area contributed by atoms with Gasteiger partial charge in [-0.15, -0.1) is 0 Å². The number of piperidine rings is 1. The standard InChI is InChI=1S/C25H23N7S/c1-16-4-3-5-23(21(16)12-27)33-24-10-18(15-31-25(24)19(11-26)13-29-31)22-14-30-32(17(22)2)20-6-8-28-9-7-20/h3-5,10,13-15,20,28H,6-9H2,1-2H3. The van der Waals surface area contributed by atoms with E-state index in [1.807, 2.05) is 37.5 Å². The number of rotatable bonds is 4. The fraction of sp³-hybridized carbons (Fsp3) is 0.280. The van der Waals surface area contributed by atoms with Crippen molar-refractivity contribution in [2.75, 3.05) is 13.1 Å². The van der Waals surface area contributed by atoms with E-state index in [1.165, 1.54) is 11.8 Å². The van der Waals surface area contributed by atoms with Crippen LogP contribution in [-0.4, -0.2) is 32.5 Å². The summed E-state index contributed by atoms with van der Waals surface area (Å²) in [5, 5.41) is 31.9. The Bertz CT molecular complexity index is 1430. The van der Waals surface area contributed by atoms with Gasteiger partial charge in [-0.25, -0.2) is 4.52 Å². The molecule has 1 saturated heterocycles. The Labute approximate surface area is 196 Å². The molecule has 1 aromatic carbocycles. The van der Waals surface area contributed by atoms with Gasteiger partial charge in [-0.05, 0) is 57.5 Å². The minimum atomic E-state index is 0.401. The lowest BCUT2D eigenvalue weighted by Gasteiger charge is -2.24. The number of nitrogens with one attached hydrogen (secondary N) is 1. The van der Waals surface area contributed by atoms with Crippen LogP contribution in [0.25, 0.3) is 16.6 Å². The molecule has 0 aliphatic carbocycles. The molecule has 0 bridgehead atoms. The molecule has 4 aromatic rings. The van der Waals surface area contributed by atoms with Gasteiger partial charge in [-0.2, -0.15) is 20.7 Å². The highest BCUT2D eigenvalue weighted by Gasteiger charge is 2.21. The number of fused-ring (bicyclic) bond motifs is 1. The maximum Gasteiger partial charge on any atom is 0.103 e. The lowest BCUT2D eigenvalue weighted by atomic mass is 10.1. The van der Waals surface area contributed by atoms with Crippen molar-refractivity contribution in [2.24, 2.45) is 0 Å². The molecule has 164 valence electrons. The third-order valence-corrected chi connectivity index (χ3v) is 7.37. The Balaban J connectivity index is 1.63. The van der Waals surface area contributed by atoms with Crippen LogP contribution in [0.2, 0.25) is 0 Å². The van der Waals surface area contributed by atoms with Gasteiger partial charge in [0, 0.05) is 32.8 Å². The Hall–Kier alpha value is -3.59. The van der Waals surface area contributed by atoms with Gasteiger partial charge >= 0.3 is 0 Å². The molecular formula is C25H23N7S. The SMILES string of the molecule is Cc1cccc(Sc2cc(-c3cnn(C4CCNCC4)c3C)cn3ncc(C#N)c23)c1C#N. The lowest BCUT2D eigenvalue weighted by Crippen LogP contribution is -2.30. The number of aryl methyl sites for hydroxylation is 1. The number of hydrogen-bond acceptors (Lipinski definition) is 6. The van der Waals surface area contributed by atoms with E-state index in [0.29, 0.717) is 17.2 Å². The predicted octanol–water partition coefficient (Wildman–Crippen LogP) is 4.63. The number of aromatic nitrogens is 4. The maximum atomic E-state index is 9.70. The molecule has 0 atom stereocenters. The van der Waals surface area contributed by atoms with E-state index in [0.717, 1.165) is 63.6 Å². The van der Waals surface area contributed by atoms with Gasteiger partial charge in [0.05, 0.1) is 35.1 Å². The molecule has 4 heterocycles. The molecule has 1 aliphatic heterocycles. The van der Waals surface area contributed by atoms with Crippen LogP contribution in [-0.2, 0) is 0 Å². The molecule has 1 aliphatic rings. The maximum absolute atomic E-state index is 9.70. The number of benzene rings is 1. The van der Waals surface area contributed by atoms with E-state index in [4.69, 9.17) is 5.10 Å². The van der Waals surface area contributed by atoms with E-state index in [2.05, 4.69) is 40.2 Å². The summed E-state index contributed by atoms with van der Waals surface area (Å²) in [5.41, 5.74) is 6.01. The molecule has 8 heteroatoms. The Morgan fingerprint density at radius 3 is 2.64 bits per heavy atom. The van der Waals surface area contributed by atoms with E-state index < -0.39 is 0 Å². The van der Waals surface area contributed by atoms with E-state index in [-0.39, 0.29) is 0 Å². The molecule has 5 rings (SSSR count). The second-order valence-electron chi connectivity index (χ2n) is 8.29. The largest absolute Gasteiger partial charge is 0.317 e. The van der Waals surface area contributed by atoms with Crippen LogP contribution in [0.3, 0.4) is 0 Å². The van der Waals surface area contributed by atoms with Crippen LogP contribution >= 0.6 is 11.8 Å². The zero-order valence-corrected chi connectivity index (χ0v) is 19.4. The first-order chi connectivity index (χ1) is 16.1. The number of pyridine rings is 1. The molecule has 1 N–H and O–H groups in total. The molecule has 0 unspecified atom stereocenters. The second-order valence-corrected chi connectivity index (χ2v) is 9.37. The average Bonchev–Trinajstić information content (AvgIpc) is 3.43. The monoisotopic (exact) mass is 453 g/mol. The molecule has 0 saturated carbocycles. The topological polar surface area (TPSA) is 94.7 Å². The fourth-order valence-corrected chi connectivity index (χ4v) is 5.68. The molecule has 7 nitrogen and oxygen atoms in total. The number of nitrogens with zero attached hydrogens (tertiary/aromatic N) is 6. The van der Waals surface area contributed by atoms with E-state index >= 15 is 0 Å². The molecule has 33 heavy (non-hydrogen) atoms. The van der Waals surface area contributed by atoms with Crippen molar-refractivity contribution in [3.05, 3.63) is 65.2 Å². The van der Waals surface area contributed by atoms with Crippen LogP contribution in [0.4, 0.5) is 0 Å². The Morgan fingerprint density at radius 2 is 1.88 bits per heavy atom. The van der Waals surface area contributed by atoms with Crippen molar-refractivity contribution in [1.29, 1.82) is 10.5 Å². The predicted molar refractivity (Wildman–Crippen MR) is 127 cm³/mol. The summed E-state index contributed by atoms with van der Waals surface area (Å²) in [6, 6.07) is 12.9. The van der Waals surface area contributed by atoms with Gasteiger partial charge < -0.3 is 5.32 Å². The Kier molecular flexibility index (Phi) is 5.63. The van der Waals surface area contributed by atoms with Crippen molar-refractivity contribution in [3.8, 4) is 23.3 Å². The number of hydrogen-bond donors (Lipinski definition) is 1. The van der Waals surface area contributed by atoms with Gasteiger partial charge in [-0.1, -0.05) is 23.9 Å². The van der Waals surface area contributed by atoms with Crippen molar-refractivity contribution in [1.82, 2.24) is 24.7 Å². The minimum Gasteiger partial charge on any atom is -0.317 e. The first kappa shape index (κ1) is 21.3. The summed E-state index contributed by atoms with van der Waals surface area (Å²) in [7, 11) is 0. The van der Waals surface area contributed by atoms with Crippen LogP contribution in [0.5, 0.6) is 0 Å². The van der Waals surface area contributed by atoms with Crippen molar-refractivity contribution >= 4 is 17.3 Å². The zero-order valence-electron chi connectivity index (χ0n) is 18.5. The first-order valence-electron chi connectivity index (χ1n) is 10.9.